The molecule has 6 heteroatoms. The third-order valence-corrected chi connectivity index (χ3v) is 3.75. The molecule has 2 rings (SSSR count). The van der Waals surface area contributed by atoms with Crippen molar-refractivity contribution in [3.63, 3.8) is 0 Å². The Labute approximate surface area is 109 Å². The normalized spacial score (nSPS) is 15.4. The number of piperidine rings is 1. The maximum Gasteiger partial charge on any atom is 0.346 e. The first-order chi connectivity index (χ1) is 8.66. The highest BCUT2D eigenvalue weighted by atomic mass is 32.1. The number of nitrogens with zero attached hydrogens (tertiary/aromatic N) is 1. The van der Waals surface area contributed by atoms with Gasteiger partial charge in [0.1, 0.15) is 10.6 Å². The van der Waals surface area contributed by atoms with Gasteiger partial charge in [0.2, 0.25) is 0 Å². The van der Waals surface area contributed by atoms with E-state index in [2.05, 4.69) is 0 Å². The van der Waals surface area contributed by atoms with Crippen LogP contribution in [0.3, 0.4) is 0 Å². The van der Waals surface area contributed by atoms with Crippen LogP contribution in [0.25, 0.3) is 0 Å². The van der Waals surface area contributed by atoms with E-state index in [0.717, 1.165) is 37.3 Å². The molecule has 0 radical (unpaired) electrons. The Morgan fingerprint density at radius 2 is 2.06 bits per heavy atom. The Morgan fingerprint density at radius 3 is 2.67 bits per heavy atom. The summed E-state index contributed by atoms with van der Waals surface area (Å²) < 4.78 is 5.31. The van der Waals surface area contributed by atoms with Gasteiger partial charge in [-0.2, -0.15) is 0 Å². The molecule has 0 aromatic carbocycles. The molecular weight excluding hydrogens is 254 g/mol. The molecule has 5 nitrogen and oxygen atoms in total. The molecule has 0 atom stereocenters. The van der Waals surface area contributed by atoms with Gasteiger partial charge in [0.05, 0.1) is 0 Å². The second-order valence-corrected chi connectivity index (χ2v) is 5.09. The maximum absolute atomic E-state index is 11.8. The first-order valence-electron chi connectivity index (χ1n) is 5.89. The van der Waals surface area contributed by atoms with E-state index in [-0.39, 0.29) is 17.4 Å². The number of aromatic carboxylic acids is 1. The summed E-state index contributed by atoms with van der Waals surface area (Å²) in [5.41, 5.74) is 0. The minimum Gasteiger partial charge on any atom is -0.483 e. The average molecular weight is 269 g/mol. The van der Waals surface area contributed by atoms with E-state index < -0.39 is 5.97 Å². The van der Waals surface area contributed by atoms with Crippen LogP contribution in [-0.2, 0) is 4.79 Å². The lowest BCUT2D eigenvalue weighted by Crippen LogP contribution is -2.38. The fourth-order valence-corrected chi connectivity index (χ4v) is 2.55. The van der Waals surface area contributed by atoms with Crippen molar-refractivity contribution >= 4 is 23.2 Å². The van der Waals surface area contributed by atoms with Crippen LogP contribution in [0.5, 0.6) is 5.75 Å². The maximum atomic E-state index is 11.8. The van der Waals surface area contributed by atoms with Crippen molar-refractivity contribution in [2.24, 2.45) is 0 Å². The van der Waals surface area contributed by atoms with Crippen LogP contribution in [-0.4, -0.2) is 41.6 Å². The molecule has 1 N–H and O–H groups in total. The van der Waals surface area contributed by atoms with Crippen LogP contribution < -0.4 is 4.74 Å². The van der Waals surface area contributed by atoms with E-state index in [1.165, 1.54) is 12.5 Å². The third kappa shape index (κ3) is 3.22. The summed E-state index contributed by atoms with van der Waals surface area (Å²) in [7, 11) is 0. The van der Waals surface area contributed by atoms with Crippen LogP contribution in [0.1, 0.15) is 28.9 Å². The summed E-state index contributed by atoms with van der Waals surface area (Å²) >= 11 is 1.10. The number of thiophene rings is 1. The fraction of sp³-hybridized carbons (Fsp3) is 0.500. The van der Waals surface area contributed by atoms with E-state index in [0.29, 0.717) is 5.75 Å². The second kappa shape index (κ2) is 5.86. The number of carbonyl (C=O) groups excluding carboxylic acids is 1. The first-order valence-corrected chi connectivity index (χ1v) is 6.77. The first kappa shape index (κ1) is 12.9. The van der Waals surface area contributed by atoms with E-state index in [9.17, 15) is 9.59 Å². The SMILES string of the molecule is O=C(O)c1cc(OCC(=O)N2CCCCC2)cs1. The highest BCUT2D eigenvalue weighted by Crippen LogP contribution is 2.21. The molecule has 98 valence electrons. The van der Waals surface area contributed by atoms with Gasteiger partial charge in [-0.3, -0.25) is 4.79 Å². The molecule has 1 saturated heterocycles. The van der Waals surface area contributed by atoms with Gasteiger partial charge in [0.15, 0.2) is 6.61 Å². The van der Waals surface area contributed by atoms with Gasteiger partial charge < -0.3 is 14.7 Å². The zero-order chi connectivity index (χ0) is 13.0. The lowest BCUT2D eigenvalue weighted by molar-refractivity contribution is -0.134. The number of carbonyl (C=O) groups is 2. The quantitative estimate of drug-likeness (QED) is 0.905. The standard InChI is InChI=1S/C12H15NO4S/c14-11(13-4-2-1-3-5-13)7-17-9-6-10(12(15)16)18-8-9/h6,8H,1-5,7H2,(H,15,16). The number of hydrogen-bond acceptors (Lipinski definition) is 4. The number of amides is 1. The van der Waals surface area contributed by atoms with Crippen molar-refractivity contribution in [3.05, 3.63) is 16.3 Å². The lowest BCUT2D eigenvalue weighted by Gasteiger charge is -2.26. The molecule has 1 aliphatic heterocycles. The minimum absolute atomic E-state index is 0.0181. The van der Waals surface area contributed by atoms with Crippen LogP contribution in [0.15, 0.2) is 11.4 Å². The molecular formula is C12H15NO4S. The number of rotatable bonds is 4. The predicted octanol–water partition coefficient (Wildman–Crippen LogP) is 1.84. The molecule has 1 fully saturated rings. The molecule has 1 aromatic heterocycles. The third-order valence-electron chi connectivity index (χ3n) is 2.86. The molecule has 2 heterocycles. The van der Waals surface area contributed by atoms with Gasteiger partial charge in [-0.05, 0) is 19.3 Å². The minimum atomic E-state index is -0.975. The number of carboxylic acids is 1. The smallest absolute Gasteiger partial charge is 0.346 e. The lowest BCUT2D eigenvalue weighted by atomic mass is 10.1. The summed E-state index contributed by atoms with van der Waals surface area (Å²) in [6, 6.07) is 1.44. The van der Waals surface area contributed by atoms with Crippen molar-refractivity contribution in [2.45, 2.75) is 19.3 Å². The van der Waals surface area contributed by atoms with Gasteiger partial charge in [0.25, 0.3) is 5.91 Å². The van der Waals surface area contributed by atoms with Gasteiger partial charge >= 0.3 is 5.97 Å². The molecule has 0 spiro atoms. The van der Waals surface area contributed by atoms with Crippen LogP contribution in [0, 0.1) is 0 Å². The van der Waals surface area contributed by atoms with E-state index in [4.69, 9.17) is 9.84 Å². The van der Waals surface area contributed by atoms with Crippen molar-refractivity contribution < 1.29 is 19.4 Å². The number of ether oxygens (including phenoxy) is 1. The number of likely N-dealkylation sites (tertiary alicyclic amines) is 1. The zero-order valence-corrected chi connectivity index (χ0v) is 10.7. The molecule has 0 unspecified atom stereocenters. The van der Waals surface area contributed by atoms with Crippen molar-refractivity contribution in [1.82, 2.24) is 4.90 Å². The Hall–Kier alpha value is -1.56. The van der Waals surface area contributed by atoms with E-state index in [1.54, 1.807) is 10.3 Å². The van der Waals surface area contributed by atoms with Gasteiger partial charge in [0, 0.05) is 24.5 Å². The highest BCUT2D eigenvalue weighted by molar-refractivity contribution is 7.12. The summed E-state index contributed by atoms with van der Waals surface area (Å²) in [6.07, 6.45) is 3.28. The number of carboxylic acid groups (broad SMARTS) is 1. The van der Waals surface area contributed by atoms with E-state index in [1.807, 2.05) is 0 Å². The Morgan fingerprint density at radius 1 is 1.33 bits per heavy atom. The molecule has 1 amide bonds. The Balaban J connectivity index is 1.82. The van der Waals surface area contributed by atoms with Crippen molar-refractivity contribution in [3.8, 4) is 5.75 Å². The molecule has 0 bridgehead atoms. The summed E-state index contributed by atoms with van der Waals surface area (Å²) in [5, 5.41) is 10.4. The largest absolute Gasteiger partial charge is 0.483 e. The van der Waals surface area contributed by atoms with Crippen molar-refractivity contribution in [2.75, 3.05) is 19.7 Å². The average Bonchev–Trinajstić information content (AvgIpc) is 2.86. The molecule has 1 aliphatic rings. The van der Waals surface area contributed by atoms with Gasteiger partial charge in [-0.1, -0.05) is 0 Å². The molecule has 18 heavy (non-hydrogen) atoms. The predicted molar refractivity (Wildman–Crippen MR) is 67.2 cm³/mol. The van der Waals surface area contributed by atoms with E-state index >= 15 is 0 Å². The highest BCUT2D eigenvalue weighted by Gasteiger charge is 2.17. The topological polar surface area (TPSA) is 66.8 Å². The Kier molecular flexibility index (Phi) is 4.19. The zero-order valence-electron chi connectivity index (χ0n) is 9.92. The van der Waals surface area contributed by atoms with Crippen LogP contribution in [0.4, 0.5) is 0 Å². The van der Waals surface area contributed by atoms with Crippen LogP contribution in [0.2, 0.25) is 0 Å². The molecule has 0 aliphatic carbocycles. The molecule has 1 aromatic rings. The summed E-state index contributed by atoms with van der Waals surface area (Å²) in [4.78, 5) is 24.5. The second-order valence-electron chi connectivity index (χ2n) is 4.18. The van der Waals surface area contributed by atoms with Gasteiger partial charge in [-0.25, -0.2) is 4.79 Å². The van der Waals surface area contributed by atoms with Gasteiger partial charge in [-0.15, -0.1) is 11.3 Å². The van der Waals surface area contributed by atoms with Crippen LogP contribution >= 0.6 is 11.3 Å². The Bertz CT molecular complexity index is 437. The summed E-state index contributed by atoms with van der Waals surface area (Å²) in [6.45, 7) is 1.58. The monoisotopic (exact) mass is 269 g/mol. The van der Waals surface area contributed by atoms with Crippen molar-refractivity contribution in [1.29, 1.82) is 0 Å². The molecule has 0 saturated carbocycles. The fourth-order valence-electron chi connectivity index (χ4n) is 1.89. The number of hydrogen-bond donors (Lipinski definition) is 1. The summed E-state index contributed by atoms with van der Waals surface area (Å²) in [5.74, 6) is -0.558.